The molecular weight excluding hydrogens is 455 g/mol. The van der Waals surface area contributed by atoms with Gasteiger partial charge < -0.3 is 14.8 Å². The van der Waals surface area contributed by atoms with Crippen LogP contribution < -0.4 is 5.32 Å². The summed E-state index contributed by atoms with van der Waals surface area (Å²) in [4.78, 5) is 15.3. The van der Waals surface area contributed by atoms with Crippen LogP contribution in [0.1, 0.15) is 34.7 Å². The van der Waals surface area contributed by atoms with E-state index in [2.05, 4.69) is 10.3 Å². The van der Waals surface area contributed by atoms with Crippen molar-refractivity contribution in [1.29, 1.82) is 0 Å². The third-order valence-corrected chi connectivity index (χ3v) is 5.92. The van der Waals surface area contributed by atoms with Gasteiger partial charge in [-0.3, -0.25) is 4.79 Å². The number of hydrogen-bond acceptors (Lipinski definition) is 3. The third kappa shape index (κ3) is 5.44. The van der Waals surface area contributed by atoms with Crippen molar-refractivity contribution in [2.75, 3.05) is 0 Å². The highest BCUT2D eigenvalue weighted by molar-refractivity contribution is 5.78. The number of aliphatic carboxylic acids is 1. The summed E-state index contributed by atoms with van der Waals surface area (Å²) in [6.07, 6.45) is 4.16. The molecule has 0 bridgehead atoms. The van der Waals surface area contributed by atoms with Gasteiger partial charge in [-0.1, -0.05) is 36.4 Å². The average molecular weight is 480 g/mol. The van der Waals surface area contributed by atoms with Crippen molar-refractivity contribution in [1.82, 2.24) is 14.7 Å². The van der Waals surface area contributed by atoms with Gasteiger partial charge in [0.1, 0.15) is 11.7 Å². The van der Waals surface area contributed by atoms with Gasteiger partial charge in [0.05, 0.1) is 5.56 Å². The van der Waals surface area contributed by atoms with Gasteiger partial charge in [-0.2, -0.15) is 13.2 Å². The molecule has 4 rings (SSSR count). The van der Waals surface area contributed by atoms with Gasteiger partial charge in [0, 0.05) is 25.1 Å². The molecule has 0 aliphatic carbocycles. The van der Waals surface area contributed by atoms with E-state index in [1.165, 1.54) is 25.1 Å². The fourth-order valence-corrected chi connectivity index (χ4v) is 3.88. The van der Waals surface area contributed by atoms with Gasteiger partial charge in [0.2, 0.25) is 0 Å². The maximum Gasteiger partial charge on any atom is 0.416 e. The lowest BCUT2D eigenvalue weighted by atomic mass is 9.96. The molecule has 2 aromatic carbocycles. The number of imidazole rings is 1. The Hall–Kier alpha value is -3.91. The lowest BCUT2D eigenvalue weighted by molar-refractivity contribution is -0.139. The Kier molecular flexibility index (Phi) is 6.75. The summed E-state index contributed by atoms with van der Waals surface area (Å²) in [6.45, 7) is 3.55. The number of nitrogens with zero attached hydrogens (tertiary/aromatic N) is 2. The highest BCUT2D eigenvalue weighted by atomic mass is 19.4. The van der Waals surface area contributed by atoms with Crippen LogP contribution in [-0.4, -0.2) is 26.5 Å². The number of carboxylic acid groups (broad SMARTS) is 1. The quantitative estimate of drug-likeness (QED) is 0.316. The number of alkyl halides is 3. The molecule has 180 valence electrons. The molecule has 0 radical (unpaired) electrons. The highest BCUT2D eigenvalue weighted by Gasteiger charge is 2.32. The number of nitrogens with one attached hydrogen (secondary N) is 1. The summed E-state index contributed by atoms with van der Waals surface area (Å²) >= 11 is 0. The number of rotatable bonds is 7. The van der Waals surface area contributed by atoms with Gasteiger partial charge in [-0.15, -0.1) is 0 Å². The van der Waals surface area contributed by atoms with Gasteiger partial charge in [-0.05, 0) is 71.5 Å². The molecule has 2 aromatic heterocycles. The van der Waals surface area contributed by atoms with Crippen LogP contribution in [0.4, 0.5) is 13.2 Å². The van der Waals surface area contributed by atoms with E-state index in [-0.39, 0.29) is 12.1 Å². The maximum absolute atomic E-state index is 13.7. The number of pyridine rings is 1. The van der Waals surface area contributed by atoms with E-state index in [9.17, 15) is 18.0 Å². The van der Waals surface area contributed by atoms with Crippen LogP contribution in [0.3, 0.4) is 0 Å². The van der Waals surface area contributed by atoms with Crippen LogP contribution in [0.25, 0.3) is 28.9 Å². The molecule has 35 heavy (non-hydrogen) atoms. The minimum atomic E-state index is -4.52. The Labute approximate surface area is 200 Å². The number of carboxylic acids is 1. The van der Waals surface area contributed by atoms with E-state index in [4.69, 9.17) is 5.11 Å². The van der Waals surface area contributed by atoms with Crippen molar-refractivity contribution in [3.8, 4) is 11.1 Å². The van der Waals surface area contributed by atoms with Crippen LogP contribution in [0.15, 0.2) is 67.1 Å². The van der Waals surface area contributed by atoms with Crippen LogP contribution in [0.5, 0.6) is 0 Å². The Balaban J connectivity index is 1.67. The van der Waals surface area contributed by atoms with Gasteiger partial charge in [0.25, 0.3) is 0 Å². The van der Waals surface area contributed by atoms with E-state index in [0.29, 0.717) is 5.56 Å². The molecule has 2 heterocycles. The topological polar surface area (TPSA) is 66.6 Å². The largest absolute Gasteiger partial charge is 0.480 e. The number of carbonyl (C=O) groups is 1. The molecule has 5 nitrogen and oxygen atoms in total. The van der Waals surface area contributed by atoms with Crippen molar-refractivity contribution in [3.63, 3.8) is 0 Å². The van der Waals surface area contributed by atoms with Gasteiger partial charge in [0.15, 0.2) is 0 Å². The number of aromatic nitrogens is 2. The minimum Gasteiger partial charge on any atom is -0.480 e. The molecule has 4 aromatic rings. The van der Waals surface area contributed by atoms with E-state index in [1.54, 1.807) is 12.3 Å². The summed E-state index contributed by atoms with van der Waals surface area (Å²) in [7, 11) is 0. The first-order valence-electron chi connectivity index (χ1n) is 11.0. The fourth-order valence-electron chi connectivity index (χ4n) is 3.88. The van der Waals surface area contributed by atoms with Gasteiger partial charge in [-0.25, -0.2) is 4.98 Å². The lowest BCUT2D eigenvalue weighted by Crippen LogP contribution is -2.33. The van der Waals surface area contributed by atoms with Crippen LogP contribution >= 0.6 is 0 Å². The Morgan fingerprint density at radius 2 is 1.91 bits per heavy atom. The summed E-state index contributed by atoms with van der Waals surface area (Å²) in [5.74, 6) is -1.03. The number of benzene rings is 2. The van der Waals surface area contributed by atoms with E-state index < -0.39 is 23.8 Å². The summed E-state index contributed by atoms with van der Waals surface area (Å²) in [5, 5.41) is 11.8. The van der Waals surface area contributed by atoms with Crippen LogP contribution in [0.2, 0.25) is 0 Å². The summed E-state index contributed by atoms with van der Waals surface area (Å²) in [6, 6.07) is 12.6. The molecule has 0 saturated carbocycles. The molecule has 0 saturated heterocycles. The van der Waals surface area contributed by atoms with Gasteiger partial charge >= 0.3 is 12.1 Å². The molecule has 1 atom stereocenters. The number of halogens is 3. The van der Waals surface area contributed by atoms with Crippen molar-refractivity contribution in [2.45, 2.75) is 32.6 Å². The zero-order chi connectivity index (χ0) is 25.2. The van der Waals surface area contributed by atoms with Crippen LogP contribution in [-0.2, 0) is 17.5 Å². The summed E-state index contributed by atoms with van der Waals surface area (Å²) in [5.41, 5.74) is 4.33. The Morgan fingerprint density at radius 1 is 1.14 bits per heavy atom. The fraction of sp³-hybridized carbons (Fsp3) is 0.185. The molecule has 0 unspecified atom stereocenters. The molecule has 2 N–H and O–H groups in total. The molecule has 0 amide bonds. The normalized spacial score (nSPS) is 12.9. The standard InChI is InChI=1S/C27H24F3N3O2/c1-17-20(4-3-5-23(17)22-9-11-25-31-12-13-33(25)16-22)7-8-21-14-19(15-32-18(2)26(34)35)6-10-24(21)27(28,29)30/h3-14,16,18,32H,15H2,1-2H3,(H,34,35)/b8-7+/t18-/m1/s1. The monoisotopic (exact) mass is 479 g/mol. The van der Waals surface area contributed by atoms with E-state index >= 15 is 0 Å². The second-order valence-electron chi connectivity index (χ2n) is 8.32. The molecule has 0 fully saturated rings. The second kappa shape index (κ2) is 9.76. The molecular formula is C27H24F3N3O2. The predicted octanol–water partition coefficient (Wildman–Crippen LogP) is 6.06. The molecule has 8 heteroatoms. The van der Waals surface area contributed by atoms with E-state index in [1.807, 2.05) is 54.0 Å². The molecule has 0 aliphatic heterocycles. The van der Waals surface area contributed by atoms with Crippen molar-refractivity contribution < 1.29 is 23.1 Å². The van der Waals surface area contributed by atoms with Crippen molar-refractivity contribution in [3.05, 3.63) is 94.9 Å². The lowest BCUT2D eigenvalue weighted by Gasteiger charge is -2.14. The SMILES string of the molecule is Cc1c(/C=C/c2cc(CN[C@H](C)C(=O)O)ccc2C(F)(F)F)cccc1-c1ccc2nccn2c1. The van der Waals surface area contributed by atoms with E-state index in [0.717, 1.165) is 34.0 Å². The van der Waals surface area contributed by atoms with Crippen LogP contribution in [0, 0.1) is 6.92 Å². The first-order chi connectivity index (χ1) is 16.6. The first-order valence-corrected chi connectivity index (χ1v) is 11.0. The second-order valence-corrected chi connectivity index (χ2v) is 8.32. The minimum absolute atomic E-state index is 0.0180. The first kappa shape index (κ1) is 24.2. The molecule has 0 spiro atoms. The highest BCUT2D eigenvalue weighted by Crippen LogP contribution is 2.34. The van der Waals surface area contributed by atoms with Crippen molar-refractivity contribution >= 4 is 23.8 Å². The Bertz CT molecular complexity index is 1410. The summed E-state index contributed by atoms with van der Waals surface area (Å²) < 4.78 is 42.9. The smallest absolute Gasteiger partial charge is 0.416 e. The molecule has 0 aliphatic rings. The third-order valence-electron chi connectivity index (χ3n) is 5.92. The zero-order valence-electron chi connectivity index (χ0n) is 19.2. The Morgan fingerprint density at radius 3 is 2.66 bits per heavy atom. The van der Waals surface area contributed by atoms with Crippen molar-refractivity contribution in [2.24, 2.45) is 0 Å². The number of fused-ring (bicyclic) bond motifs is 1. The zero-order valence-corrected chi connectivity index (χ0v) is 19.2. The maximum atomic E-state index is 13.7. The number of hydrogen-bond donors (Lipinski definition) is 2. The average Bonchev–Trinajstić information content (AvgIpc) is 3.29. The predicted molar refractivity (Wildman–Crippen MR) is 130 cm³/mol.